The van der Waals surface area contributed by atoms with Crippen molar-refractivity contribution in [3.8, 4) is 5.13 Å². The van der Waals surface area contributed by atoms with Gasteiger partial charge in [-0.1, -0.05) is 11.3 Å². The normalized spacial score (nSPS) is 15.5. The fourth-order valence-electron chi connectivity index (χ4n) is 3.00. The summed E-state index contributed by atoms with van der Waals surface area (Å²) in [4.78, 5) is 24.5. The van der Waals surface area contributed by atoms with Crippen LogP contribution in [0.25, 0.3) is 5.13 Å². The molecule has 0 unspecified atom stereocenters. The van der Waals surface area contributed by atoms with E-state index in [4.69, 9.17) is 0 Å². The molecular weight excluding hydrogens is 354 g/mol. The van der Waals surface area contributed by atoms with Crippen molar-refractivity contribution in [1.29, 1.82) is 0 Å². The molecule has 3 aromatic heterocycles. The van der Waals surface area contributed by atoms with E-state index >= 15 is 0 Å². The average molecular weight is 374 g/mol. The van der Waals surface area contributed by atoms with Crippen LogP contribution in [0.1, 0.15) is 28.2 Å². The Morgan fingerprint density at radius 3 is 2.68 bits per heavy atom. The van der Waals surface area contributed by atoms with Crippen LogP contribution in [0.5, 0.6) is 0 Å². The molecule has 1 aliphatic heterocycles. The summed E-state index contributed by atoms with van der Waals surface area (Å²) < 4.78 is 1.93. The maximum absolute atomic E-state index is 12.7. The summed E-state index contributed by atoms with van der Waals surface area (Å²) in [7, 11) is 0. The second-order valence-electron chi connectivity index (χ2n) is 6.05. The number of carbonyl (C=O) groups is 1. The molecule has 4 rings (SSSR count). The minimum Gasteiger partial charge on any atom is -0.348 e. The van der Waals surface area contributed by atoms with Gasteiger partial charge in [-0.2, -0.15) is 0 Å². The molecule has 0 atom stereocenters. The van der Waals surface area contributed by atoms with E-state index in [1.54, 1.807) is 11.3 Å². The Hall–Kier alpha value is -2.19. The van der Waals surface area contributed by atoms with Gasteiger partial charge in [0, 0.05) is 43.1 Å². The molecule has 0 radical (unpaired) electrons. The van der Waals surface area contributed by atoms with E-state index in [-0.39, 0.29) is 11.9 Å². The summed E-state index contributed by atoms with van der Waals surface area (Å²) in [6.45, 7) is 3.74. The molecule has 25 heavy (non-hydrogen) atoms. The van der Waals surface area contributed by atoms with Gasteiger partial charge >= 0.3 is 0 Å². The Labute approximate surface area is 154 Å². The Balaban J connectivity index is 1.38. The zero-order valence-corrected chi connectivity index (χ0v) is 15.5. The molecule has 0 aromatic carbocycles. The highest BCUT2D eigenvalue weighted by atomic mass is 32.1. The van der Waals surface area contributed by atoms with Crippen LogP contribution >= 0.6 is 22.7 Å². The lowest BCUT2D eigenvalue weighted by molar-refractivity contribution is 0.0934. The lowest BCUT2D eigenvalue weighted by atomic mass is 10.1. The Kier molecular flexibility index (Phi) is 4.54. The van der Waals surface area contributed by atoms with Gasteiger partial charge < -0.3 is 14.8 Å². The predicted octanol–water partition coefficient (Wildman–Crippen LogP) is 3.10. The van der Waals surface area contributed by atoms with Gasteiger partial charge in [-0.3, -0.25) is 4.79 Å². The van der Waals surface area contributed by atoms with Crippen LogP contribution in [0.2, 0.25) is 0 Å². The number of nitrogens with one attached hydrogen (secondary N) is 1. The highest BCUT2D eigenvalue weighted by Gasteiger charge is 2.24. The van der Waals surface area contributed by atoms with Gasteiger partial charge in [0.25, 0.3) is 5.91 Å². The summed E-state index contributed by atoms with van der Waals surface area (Å²) >= 11 is 3.10. The van der Waals surface area contributed by atoms with E-state index in [9.17, 15) is 4.79 Å². The molecule has 6 nitrogen and oxygen atoms in total. The molecule has 1 amide bonds. The van der Waals surface area contributed by atoms with Crippen molar-refractivity contribution in [2.75, 3.05) is 18.0 Å². The topological polar surface area (TPSA) is 63.1 Å². The van der Waals surface area contributed by atoms with Gasteiger partial charge in [0.15, 0.2) is 10.3 Å². The van der Waals surface area contributed by atoms with Crippen LogP contribution < -0.4 is 10.2 Å². The lowest BCUT2D eigenvalue weighted by Gasteiger charge is -2.32. The van der Waals surface area contributed by atoms with E-state index in [0.29, 0.717) is 4.88 Å². The highest BCUT2D eigenvalue weighted by Crippen LogP contribution is 2.24. The molecule has 0 aliphatic carbocycles. The first-order valence-electron chi connectivity index (χ1n) is 8.27. The van der Waals surface area contributed by atoms with Crippen molar-refractivity contribution in [2.24, 2.45) is 0 Å². The minimum atomic E-state index is -0.0129. The first-order chi connectivity index (χ1) is 12.2. The highest BCUT2D eigenvalue weighted by molar-refractivity contribution is 7.16. The molecule has 0 spiro atoms. The number of anilines is 1. The van der Waals surface area contributed by atoms with Crippen molar-refractivity contribution in [3.63, 3.8) is 0 Å². The summed E-state index contributed by atoms with van der Waals surface area (Å²) in [6.07, 6.45) is 7.59. The van der Waals surface area contributed by atoms with Crippen molar-refractivity contribution >= 4 is 33.7 Å². The fourth-order valence-corrected chi connectivity index (χ4v) is 4.64. The predicted molar refractivity (Wildman–Crippen MR) is 101 cm³/mol. The molecule has 1 saturated heterocycles. The lowest BCUT2D eigenvalue weighted by Crippen LogP contribution is -2.44. The van der Waals surface area contributed by atoms with Gasteiger partial charge in [0.2, 0.25) is 0 Å². The summed E-state index contributed by atoms with van der Waals surface area (Å²) in [5.74, 6) is -0.0129. The van der Waals surface area contributed by atoms with Crippen LogP contribution in [0.3, 0.4) is 0 Å². The van der Waals surface area contributed by atoms with E-state index in [2.05, 4.69) is 20.2 Å². The molecular formula is C17H19N5OS2. The van der Waals surface area contributed by atoms with Crippen molar-refractivity contribution in [3.05, 3.63) is 46.7 Å². The fraction of sp³-hybridized carbons (Fsp3) is 0.353. The number of rotatable bonds is 4. The number of aryl methyl sites for hydroxylation is 1. The van der Waals surface area contributed by atoms with Crippen LogP contribution in [0, 0.1) is 6.92 Å². The molecule has 0 saturated carbocycles. The maximum atomic E-state index is 12.7. The number of thiazole rings is 2. The molecule has 1 N–H and O–H groups in total. The second kappa shape index (κ2) is 6.97. The molecule has 1 aliphatic rings. The quantitative estimate of drug-likeness (QED) is 0.763. The zero-order valence-electron chi connectivity index (χ0n) is 13.9. The van der Waals surface area contributed by atoms with E-state index in [0.717, 1.165) is 41.9 Å². The second-order valence-corrected chi connectivity index (χ2v) is 7.90. The Morgan fingerprint density at radius 2 is 2.00 bits per heavy atom. The van der Waals surface area contributed by atoms with Crippen LogP contribution in [-0.4, -0.2) is 39.6 Å². The SMILES string of the molecule is Cc1nc(-n2cccc2)sc1C(=O)NC1CCN(c2nccs2)CC1. The molecule has 3 aromatic rings. The monoisotopic (exact) mass is 373 g/mol. The molecule has 130 valence electrons. The molecule has 8 heteroatoms. The third-order valence-corrected chi connectivity index (χ3v) is 6.34. The van der Waals surface area contributed by atoms with Gasteiger partial charge in [-0.15, -0.1) is 11.3 Å². The van der Waals surface area contributed by atoms with Crippen LogP contribution in [-0.2, 0) is 0 Å². The number of hydrogen-bond acceptors (Lipinski definition) is 6. The van der Waals surface area contributed by atoms with Gasteiger partial charge in [0.1, 0.15) is 4.88 Å². The zero-order chi connectivity index (χ0) is 17.2. The maximum Gasteiger partial charge on any atom is 0.263 e. The number of carbonyl (C=O) groups excluding carboxylic acids is 1. The first kappa shape index (κ1) is 16.3. The summed E-state index contributed by atoms with van der Waals surface area (Å²) in [6, 6.07) is 4.11. The largest absolute Gasteiger partial charge is 0.348 e. The average Bonchev–Trinajstić information content (AvgIpc) is 3.37. The van der Waals surface area contributed by atoms with Crippen molar-refractivity contribution < 1.29 is 4.79 Å². The molecule has 1 fully saturated rings. The standard InChI is InChI=1S/C17H19N5OS2/c1-12-14(25-17(19-12)21-7-2-3-8-21)15(23)20-13-4-9-22(10-5-13)16-18-6-11-24-16/h2-3,6-8,11,13H,4-5,9-10H2,1H3,(H,20,23). The van der Waals surface area contributed by atoms with Gasteiger partial charge in [-0.25, -0.2) is 9.97 Å². The summed E-state index contributed by atoms with van der Waals surface area (Å²) in [5, 5.41) is 7.07. The number of nitrogens with zero attached hydrogens (tertiary/aromatic N) is 4. The van der Waals surface area contributed by atoms with E-state index in [1.807, 2.05) is 47.6 Å². The van der Waals surface area contributed by atoms with Crippen molar-refractivity contribution in [1.82, 2.24) is 19.9 Å². The van der Waals surface area contributed by atoms with Gasteiger partial charge in [-0.05, 0) is 31.9 Å². The summed E-state index contributed by atoms with van der Waals surface area (Å²) in [5.41, 5.74) is 0.784. The molecule has 0 bridgehead atoms. The number of amides is 1. The third kappa shape index (κ3) is 3.45. The first-order valence-corrected chi connectivity index (χ1v) is 9.96. The Bertz CT molecular complexity index is 833. The van der Waals surface area contributed by atoms with E-state index < -0.39 is 0 Å². The van der Waals surface area contributed by atoms with Crippen molar-refractivity contribution in [2.45, 2.75) is 25.8 Å². The Morgan fingerprint density at radius 1 is 1.24 bits per heavy atom. The smallest absolute Gasteiger partial charge is 0.263 e. The molecule has 4 heterocycles. The van der Waals surface area contributed by atoms with Gasteiger partial charge in [0.05, 0.1) is 5.69 Å². The number of piperidine rings is 1. The third-order valence-electron chi connectivity index (χ3n) is 4.34. The van der Waals surface area contributed by atoms with E-state index in [1.165, 1.54) is 11.3 Å². The number of aromatic nitrogens is 3. The number of hydrogen-bond donors (Lipinski definition) is 1. The minimum absolute atomic E-state index is 0.0129. The van der Waals surface area contributed by atoms with Crippen LogP contribution in [0.15, 0.2) is 36.1 Å². The van der Waals surface area contributed by atoms with Crippen LogP contribution in [0.4, 0.5) is 5.13 Å².